The van der Waals surface area contributed by atoms with Gasteiger partial charge in [0.05, 0.1) is 12.6 Å². The van der Waals surface area contributed by atoms with E-state index in [4.69, 9.17) is 0 Å². The molecule has 1 atom stereocenters. The fourth-order valence-corrected chi connectivity index (χ4v) is 3.29. The Morgan fingerprint density at radius 1 is 1.24 bits per heavy atom. The molecular weight excluding hydrogens is 280 g/mol. The van der Waals surface area contributed by atoms with Crippen molar-refractivity contribution in [2.24, 2.45) is 0 Å². The number of benzene rings is 1. The standard InChI is InChI=1S/C16H18N4S/c1-12-7-8-21-16(12)13(2)19-15-5-3-14(4-6-15)9-20-11-17-10-18-20/h3-8,10-11,13,19H,9H2,1-2H3. The van der Waals surface area contributed by atoms with Crippen LogP contribution in [0.25, 0.3) is 0 Å². The van der Waals surface area contributed by atoms with Crippen LogP contribution in [-0.2, 0) is 6.54 Å². The molecule has 0 amide bonds. The Hall–Kier alpha value is -2.14. The third-order valence-corrected chi connectivity index (χ3v) is 4.64. The van der Waals surface area contributed by atoms with E-state index in [1.807, 2.05) is 4.68 Å². The lowest BCUT2D eigenvalue weighted by Crippen LogP contribution is -2.06. The van der Waals surface area contributed by atoms with Crippen LogP contribution in [0.1, 0.15) is 29.0 Å². The van der Waals surface area contributed by atoms with Gasteiger partial charge in [0, 0.05) is 10.6 Å². The molecule has 0 saturated carbocycles. The molecule has 0 aliphatic rings. The summed E-state index contributed by atoms with van der Waals surface area (Å²) in [6.45, 7) is 5.10. The Morgan fingerprint density at radius 2 is 2.05 bits per heavy atom. The van der Waals surface area contributed by atoms with E-state index < -0.39 is 0 Å². The fourth-order valence-electron chi connectivity index (χ4n) is 2.35. The average Bonchev–Trinajstić information content (AvgIpc) is 3.12. The van der Waals surface area contributed by atoms with E-state index in [1.54, 1.807) is 24.0 Å². The van der Waals surface area contributed by atoms with Gasteiger partial charge in [0.15, 0.2) is 0 Å². The predicted octanol–water partition coefficient (Wildman–Crippen LogP) is 3.87. The topological polar surface area (TPSA) is 42.7 Å². The molecule has 0 spiro atoms. The summed E-state index contributed by atoms with van der Waals surface area (Å²) in [6.07, 6.45) is 3.29. The van der Waals surface area contributed by atoms with E-state index >= 15 is 0 Å². The molecule has 2 heterocycles. The molecule has 0 bridgehead atoms. The number of anilines is 1. The van der Waals surface area contributed by atoms with Crippen LogP contribution in [0, 0.1) is 6.92 Å². The third kappa shape index (κ3) is 3.31. The highest BCUT2D eigenvalue weighted by Crippen LogP contribution is 2.26. The van der Waals surface area contributed by atoms with Crippen molar-refractivity contribution in [1.82, 2.24) is 14.8 Å². The van der Waals surface area contributed by atoms with Gasteiger partial charge in [-0.3, -0.25) is 0 Å². The third-order valence-electron chi connectivity index (χ3n) is 3.44. The molecule has 0 aliphatic carbocycles. The molecule has 0 saturated heterocycles. The maximum absolute atomic E-state index is 4.12. The Balaban J connectivity index is 1.66. The number of thiophene rings is 1. The highest BCUT2D eigenvalue weighted by Gasteiger charge is 2.09. The highest BCUT2D eigenvalue weighted by molar-refractivity contribution is 7.10. The number of nitrogens with zero attached hydrogens (tertiary/aromatic N) is 3. The smallest absolute Gasteiger partial charge is 0.137 e. The van der Waals surface area contributed by atoms with Gasteiger partial charge < -0.3 is 5.32 Å². The minimum atomic E-state index is 0.325. The first-order valence-corrected chi connectivity index (χ1v) is 7.82. The Bertz CT molecular complexity index is 685. The van der Waals surface area contributed by atoms with Crippen molar-refractivity contribution in [2.45, 2.75) is 26.4 Å². The fraction of sp³-hybridized carbons (Fsp3) is 0.250. The number of aromatic nitrogens is 3. The van der Waals surface area contributed by atoms with Crippen molar-refractivity contribution in [1.29, 1.82) is 0 Å². The maximum atomic E-state index is 4.12. The van der Waals surface area contributed by atoms with Gasteiger partial charge in [-0.05, 0) is 48.6 Å². The van der Waals surface area contributed by atoms with Crippen molar-refractivity contribution < 1.29 is 0 Å². The number of hydrogen-bond donors (Lipinski definition) is 1. The number of aryl methyl sites for hydroxylation is 1. The molecular formula is C16H18N4S. The van der Waals surface area contributed by atoms with E-state index in [0.29, 0.717) is 6.04 Å². The number of rotatable bonds is 5. The Kier molecular flexibility index (Phi) is 4.01. The molecule has 3 aromatic rings. The van der Waals surface area contributed by atoms with E-state index in [9.17, 15) is 0 Å². The van der Waals surface area contributed by atoms with E-state index in [0.717, 1.165) is 12.2 Å². The minimum Gasteiger partial charge on any atom is -0.378 e. The lowest BCUT2D eigenvalue weighted by atomic mass is 10.1. The van der Waals surface area contributed by atoms with Crippen LogP contribution in [0.15, 0.2) is 48.4 Å². The van der Waals surface area contributed by atoms with Gasteiger partial charge in [-0.15, -0.1) is 11.3 Å². The lowest BCUT2D eigenvalue weighted by Gasteiger charge is -2.15. The average molecular weight is 298 g/mol. The summed E-state index contributed by atoms with van der Waals surface area (Å²) in [4.78, 5) is 5.34. The first kappa shape index (κ1) is 13.8. The monoisotopic (exact) mass is 298 g/mol. The van der Waals surface area contributed by atoms with Crippen LogP contribution in [0.5, 0.6) is 0 Å². The van der Waals surface area contributed by atoms with E-state index in [1.165, 1.54) is 16.0 Å². The van der Waals surface area contributed by atoms with E-state index in [2.05, 4.69) is 65.0 Å². The van der Waals surface area contributed by atoms with Gasteiger partial charge >= 0.3 is 0 Å². The molecule has 0 aliphatic heterocycles. The van der Waals surface area contributed by atoms with Gasteiger partial charge in [-0.1, -0.05) is 12.1 Å². The molecule has 4 nitrogen and oxygen atoms in total. The van der Waals surface area contributed by atoms with Gasteiger partial charge in [0.2, 0.25) is 0 Å². The van der Waals surface area contributed by atoms with Crippen LogP contribution in [0.4, 0.5) is 5.69 Å². The second-order valence-electron chi connectivity index (χ2n) is 5.12. The first-order chi connectivity index (χ1) is 10.2. The molecule has 21 heavy (non-hydrogen) atoms. The minimum absolute atomic E-state index is 0.325. The summed E-state index contributed by atoms with van der Waals surface area (Å²) in [5.41, 5.74) is 3.70. The van der Waals surface area contributed by atoms with Crippen LogP contribution in [-0.4, -0.2) is 14.8 Å². The van der Waals surface area contributed by atoms with Crippen molar-refractivity contribution >= 4 is 17.0 Å². The molecule has 1 N–H and O–H groups in total. The summed E-state index contributed by atoms with van der Waals surface area (Å²) in [7, 11) is 0. The molecule has 108 valence electrons. The second kappa shape index (κ2) is 6.10. The zero-order valence-corrected chi connectivity index (χ0v) is 13.0. The Morgan fingerprint density at radius 3 is 2.67 bits per heavy atom. The largest absolute Gasteiger partial charge is 0.378 e. The lowest BCUT2D eigenvalue weighted by molar-refractivity contribution is 0.685. The maximum Gasteiger partial charge on any atom is 0.137 e. The molecule has 3 rings (SSSR count). The van der Waals surface area contributed by atoms with Gasteiger partial charge in [-0.25, -0.2) is 9.67 Å². The molecule has 1 unspecified atom stereocenters. The summed E-state index contributed by atoms with van der Waals surface area (Å²) >= 11 is 1.80. The van der Waals surface area contributed by atoms with Crippen molar-refractivity contribution in [3.05, 3.63) is 64.4 Å². The Labute approximate surface area is 128 Å². The van der Waals surface area contributed by atoms with Crippen molar-refractivity contribution in [3.8, 4) is 0 Å². The summed E-state index contributed by atoms with van der Waals surface area (Å²) < 4.78 is 1.82. The highest BCUT2D eigenvalue weighted by atomic mass is 32.1. The second-order valence-corrected chi connectivity index (χ2v) is 6.07. The molecule has 5 heteroatoms. The predicted molar refractivity (Wildman–Crippen MR) is 86.7 cm³/mol. The summed E-state index contributed by atoms with van der Waals surface area (Å²) in [6, 6.07) is 11.0. The van der Waals surface area contributed by atoms with Crippen LogP contribution < -0.4 is 5.32 Å². The van der Waals surface area contributed by atoms with Crippen molar-refractivity contribution in [2.75, 3.05) is 5.32 Å². The number of hydrogen-bond acceptors (Lipinski definition) is 4. The first-order valence-electron chi connectivity index (χ1n) is 6.94. The molecule has 0 fully saturated rings. The summed E-state index contributed by atoms with van der Waals surface area (Å²) in [5.74, 6) is 0. The zero-order valence-electron chi connectivity index (χ0n) is 12.2. The number of nitrogens with one attached hydrogen (secondary N) is 1. The SMILES string of the molecule is Cc1ccsc1C(C)Nc1ccc(Cn2cncn2)cc1. The van der Waals surface area contributed by atoms with E-state index in [-0.39, 0.29) is 0 Å². The van der Waals surface area contributed by atoms with Crippen molar-refractivity contribution in [3.63, 3.8) is 0 Å². The van der Waals surface area contributed by atoms with Gasteiger partial charge in [-0.2, -0.15) is 5.10 Å². The summed E-state index contributed by atoms with van der Waals surface area (Å²) in [5, 5.41) is 9.81. The van der Waals surface area contributed by atoms with Crippen LogP contribution in [0.2, 0.25) is 0 Å². The van der Waals surface area contributed by atoms with Crippen LogP contribution in [0.3, 0.4) is 0 Å². The van der Waals surface area contributed by atoms with Crippen LogP contribution >= 0.6 is 11.3 Å². The zero-order chi connectivity index (χ0) is 14.7. The van der Waals surface area contributed by atoms with Gasteiger partial charge in [0.1, 0.15) is 12.7 Å². The van der Waals surface area contributed by atoms with Gasteiger partial charge in [0.25, 0.3) is 0 Å². The quantitative estimate of drug-likeness (QED) is 0.777. The molecule has 2 aromatic heterocycles. The normalized spacial score (nSPS) is 12.3. The molecule has 0 radical (unpaired) electrons. The molecule has 1 aromatic carbocycles.